The highest BCUT2D eigenvalue weighted by Crippen LogP contribution is 2.28. The van der Waals surface area contributed by atoms with Crippen molar-refractivity contribution in [1.82, 2.24) is 14.5 Å². The van der Waals surface area contributed by atoms with Crippen molar-refractivity contribution in [3.8, 4) is 5.69 Å². The molecule has 0 bridgehead atoms. The average Bonchev–Trinajstić information content (AvgIpc) is 2.84. The fourth-order valence-electron chi connectivity index (χ4n) is 4.29. The first kappa shape index (κ1) is 24.3. The van der Waals surface area contributed by atoms with Gasteiger partial charge in [-0.1, -0.05) is 39.0 Å². The Morgan fingerprint density at radius 1 is 0.971 bits per heavy atom. The molecule has 0 aliphatic rings. The van der Waals surface area contributed by atoms with Crippen LogP contribution < -0.4 is 5.56 Å². The number of rotatable bonds is 7. The molecule has 1 amide bonds. The van der Waals surface area contributed by atoms with Gasteiger partial charge in [0, 0.05) is 12.1 Å². The SMILES string of the molecule is CCC(c1nc2ccccc2c(=O)n1-c1ccc(F)cc1)N(CC(C)C)C(=O)c1cccc(F)c1. The van der Waals surface area contributed by atoms with Crippen LogP contribution in [-0.2, 0) is 0 Å². The lowest BCUT2D eigenvalue weighted by atomic mass is 10.1. The van der Waals surface area contributed by atoms with Crippen LogP contribution in [0.4, 0.5) is 8.78 Å². The molecule has 0 saturated carbocycles. The van der Waals surface area contributed by atoms with Crippen LogP contribution in [0.3, 0.4) is 0 Å². The molecule has 0 N–H and O–H groups in total. The summed E-state index contributed by atoms with van der Waals surface area (Å²) in [4.78, 5) is 33.8. The highest BCUT2D eigenvalue weighted by molar-refractivity contribution is 5.94. The third-order valence-electron chi connectivity index (χ3n) is 5.84. The summed E-state index contributed by atoms with van der Waals surface area (Å²) in [5.74, 6) is -0.799. The Balaban J connectivity index is 1.95. The number of hydrogen-bond acceptors (Lipinski definition) is 3. The van der Waals surface area contributed by atoms with Crippen molar-refractivity contribution in [3.05, 3.63) is 106 Å². The number of para-hydroxylation sites is 1. The molecule has 0 aliphatic carbocycles. The Morgan fingerprint density at radius 3 is 2.34 bits per heavy atom. The first-order valence-corrected chi connectivity index (χ1v) is 11.6. The van der Waals surface area contributed by atoms with Gasteiger partial charge in [0.25, 0.3) is 11.5 Å². The van der Waals surface area contributed by atoms with Gasteiger partial charge in [-0.3, -0.25) is 14.2 Å². The van der Waals surface area contributed by atoms with Crippen LogP contribution in [0.5, 0.6) is 0 Å². The van der Waals surface area contributed by atoms with Crippen molar-refractivity contribution < 1.29 is 13.6 Å². The topological polar surface area (TPSA) is 55.2 Å². The molecule has 0 aliphatic heterocycles. The van der Waals surface area contributed by atoms with Gasteiger partial charge in [0.05, 0.1) is 22.6 Å². The zero-order valence-electron chi connectivity index (χ0n) is 19.9. The minimum atomic E-state index is -0.587. The Kier molecular flexibility index (Phi) is 7.05. The van der Waals surface area contributed by atoms with E-state index in [1.165, 1.54) is 47.0 Å². The van der Waals surface area contributed by atoms with Crippen LogP contribution in [-0.4, -0.2) is 26.9 Å². The smallest absolute Gasteiger partial charge is 0.266 e. The van der Waals surface area contributed by atoms with E-state index in [1.807, 2.05) is 20.8 Å². The molecule has 3 aromatic carbocycles. The Bertz CT molecular complexity index is 1410. The predicted octanol–water partition coefficient (Wildman–Crippen LogP) is 5.91. The van der Waals surface area contributed by atoms with E-state index in [-0.39, 0.29) is 22.9 Å². The third kappa shape index (κ3) is 4.99. The van der Waals surface area contributed by atoms with Crippen LogP contribution in [0.25, 0.3) is 16.6 Å². The molecule has 1 unspecified atom stereocenters. The number of halogens is 2. The quantitative estimate of drug-likeness (QED) is 0.334. The van der Waals surface area contributed by atoms with Crippen molar-refractivity contribution >= 4 is 16.8 Å². The Hall–Kier alpha value is -3.87. The first-order valence-electron chi connectivity index (χ1n) is 11.6. The second-order valence-electron chi connectivity index (χ2n) is 8.89. The molecule has 0 fully saturated rings. The second-order valence-corrected chi connectivity index (χ2v) is 8.89. The van der Waals surface area contributed by atoms with Crippen molar-refractivity contribution in [2.45, 2.75) is 33.2 Å². The lowest BCUT2D eigenvalue weighted by Crippen LogP contribution is -2.40. The minimum Gasteiger partial charge on any atom is -0.328 e. The number of benzene rings is 3. The van der Waals surface area contributed by atoms with E-state index >= 15 is 0 Å². The van der Waals surface area contributed by atoms with E-state index in [9.17, 15) is 18.4 Å². The zero-order chi connectivity index (χ0) is 25.1. The van der Waals surface area contributed by atoms with E-state index in [0.717, 1.165) is 0 Å². The van der Waals surface area contributed by atoms with Crippen LogP contribution >= 0.6 is 0 Å². The molecule has 0 spiro atoms. The Labute approximate surface area is 202 Å². The van der Waals surface area contributed by atoms with Gasteiger partial charge >= 0.3 is 0 Å². The zero-order valence-corrected chi connectivity index (χ0v) is 19.9. The number of carbonyl (C=O) groups is 1. The molecule has 4 rings (SSSR count). The number of carbonyl (C=O) groups excluding carboxylic acids is 1. The summed E-state index contributed by atoms with van der Waals surface area (Å²) in [5, 5.41) is 0.419. The predicted molar refractivity (Wildman–Crippen MR) is 133 cm³/mol. The van der Waals surface area contributed by atoms with Crippen molar-refractivity contribution in [2.24, 2.45) is 5.92 Å². The van der Waals surface area contributed by atoms with Crippen LogP contribution in [0, 0.1) is 17.6 Å². The number of fused-ring (bicyclic) bond motifs is 1. The molecule has 4 aromatic rings. The van der Waals surface area contributed by atoms with Crippen molar-refractivity contribution in [3.63, 3.8) is 0 Å². The van der Waals surface area contributed by atoms with Gasteiger partial charge in [0.1, 0.15) is 17.5 Å². The maximum absolute atomic E-state index is 13.9. The number of amides is 1. The van der Waals surface area contributed by atoms with E-state index in [0.29, 0.717) is 35.4 Å². The molecular weight excluding hydrogens is 448 g/mol. The lowest BCUT2D eigenvalue weighted by molar-refractivity contribution is 0.0630. The standard InChI is InChI=1S/C28H27F2N3O2/c1-4-25(32(17-18(2)3)27(34)19-8-7-9-21(30)16-19)26-31-24-11-6-5-10-23(24)28(35)33(26)22-14-12-20(29)13-15-22/h5-16,18,25H,4,17H2,1-3H3. The van der Waals surface area contributed by atoms with E-state index in [2.05, 4.69) is 0 Å². The van der Waals surface area contributed by atoms with Gasteiger partial charge < -0.3 is 4.90 Å². The maximum Gasteiger partial charge on any atom is 0.266 e. The average molecular weight is 476 g/mol. The van der Waals surface area contributed by atoms with E-state index in [1.54, 1.807) is 35.2 Å². The molecule has 7 heteroatoms. The summed E-state index contributed by atoms with van der Waals surface area (Å²) >= 11 is 0. The van der Waals surface area contributed by atoms with Gasteiger partial charge in [-0.2, -0.15) is 0 Å². The van der Waals surface area contributed by atoms with Gasteiger partial charge in [-0.25, -0.2) is 13.8 Å². The van der Waals surface area contributed by atoms with Crippen LogP contribution in [0.15, 0.2) is 77.6 Å². The third-order valence-corrected chi connectivity index (χ3v) is 5.84. The molecule has 0 radical (unpaired) electrons. The van der Waals surface area contributed by atoms with Gasteiger partial charge in [0.2, 0.25) is 0 Å². The second kappa shape index (κ2) is 10.2. The normalized spacial score (nSPS) is 12.2. The van der Waals surface area contributed by atoms with Crippen LogP contribution in [0.2, 0.25) is 0 Å². The summed E-state index contributed by atoms with van der Waals surface area (Å²) < 4.78 is 29.1. The largest absolute Gasteiger partial charge is 0.328 e. The minimum absolute atomic E-state index is 0.105. The lowest BCUT2D eigenvalue weighted by Gasteiger charge is -2.33. The van der Waals surface area contributed by atoms with Crippen molar-refractivity contribution in [2.75, 3.05) is 6.54 Å². The highest BCUT2D eigenvalue weighted by Gasteiger charge is 2.30. The first-order chi connectivity index (χ1) is 16.8. The summed E-state index contributed by atoms with van der Waals surface area (Å²) in [6.07, 6.45) is 0.458. The van der Waals surface area contributed by atoms with Gasteiger partial charge in [0.15, 0.2) is 0 Å². The molecule has 5 nitrogen and oxygen atoms in total. The highest BCUT2D eigenvalue weighted by atomic mass is 19.1. The van der Waals surface area contributed by atoms with E-state index in [4.69, 9.17) is 4.98 Å². The summed E-state index contributed by atoms with van der Waals surface area (Å²) in [6.45, 7) is 6.26. The van der Waals surface area contributed by atoms with Gasteiger partial charge in [-0.05, 0) is 66.9 Å². The maximum atomic E-state index is 13.9. The van der Waals surface area contributed by atoms with Crippen LogP contribution in [0.1, 0.15) is 49.4 Å². The summed E-state index contributed by atoms with van der Waals surface area (Å²) in [5.41, 5.74) is 0.872. The molecule has 180 valence electrons. The fourth-order valence-corrected chi connectivity index (χ4v) is 4.29. The summed E-state index contributed by atoms with van der Waals surface area (Å²) in [6, 6.07) is 17.6. The molecular formula is C28H27F2N3O2. The number of nitrogens with zero attached hydrogens (tertiary/aromatic N) is 3. The summed E-state index contributed by atoms with van der Waals surface area (Å²) in [7, 11) is 0. The van der Waals surface area contributed by atoms with E-state index < -0.39 is 17.7 Å². The molecule has 1 atom stereocenters. The number of hydrogen-bond donors (Lipinski definition) is 0. The number of aromatic nitrogens is 2. The molecule has 35 heavy (non-hydrogen) atoms. The van der Waals surface area contributed by atoms with Crippen molar-refractivity contribution in [1.29, 1.82) is 0 Å². The fraction of sp³-hybridized carbons (Fsp3) is 0.250. The molecule has 1 aromatic heterocycles. The Morgan fingerprint density at radius 2 is 1.69 bits per heavy atom. The molecule has 0 saturated heterocycles. The van der Waals surface area contributed by atoms with Gasteiger partial charge in [-0.15, -0.1) is 0 Å². The molecule has 1 heterocycles. The monoisotopic (exact) mass is 475 g/mol.